The van der Waals surface area contributed by atoms with Crippen molar-refractivity contribution in [1.82, 2.24) is 0 Å². The summed E-state index contributed by atoms with van der Waals surface area (Å²) >= 11 is 4.31. The largest absolute Gasteiger partial charge is 0.392 e. The van der Waals surface area contributed by atoms with Gasteiger partial charge in [-0.25, -0.2) is 0 Å². The molecule has 6 nitrogen and oxygen atoms in total. The van der Waals surface area contributed by atoms with E-state index in [1.54, 1.807) is 13.2 Å². The molecule has 7 heteroatoms. The zero-order valence-electron chi connectivity index (χ0n) is 14.3. The molecule has 0 aromatic heterocycles. The van der Waals surface area contributed by atoms with Crippen LogP contribution in [-0.2, 0) is 27.4 Å². The number of hydrogen-bond donors (Lipinski definition) is 3. The number of nitrogens with zero attached hydrogens (tertiary/aromatic N) is 1. The van der Waals surface area contributed by atoms with E-state index >= 15 is 0 Å². The zero-order chi connectivity index (χ0) is 17.6. The van der Waals surface area contributed by atoms with E-state index in [0.29, 0.717) is 45.3 Å². The lowest BCUT2D eigenvalue weighted by molar-refractivity contribution is 0.0265. The minimum absolute atomic E-state index is 0.0507. The molecule has 0 heterocycles. The molecule has 1 aromatic carbocycles. The SMILES string of the molecule is COCCOCCOCCN(CCS)c1cc(CO)cc(CO)c1. The first-order valence-corrected chi connectivity index (χ1v) is 8.73. The van der Waals surface area contributed by atoms with Crippen molar-refractivity contribution in [2.75, 3.05) is 63.9 Å². The van der Waals surface area contributed by atoms with Gasteiger partial charge in [-0.2, -0.15) is 12.6 Å². The Morgan fingerprint density at radius 2 is 1.46 bits per heavy atom. The van der Waals surface area contributed by atoms with Gasteiger partial charge >= 0.3 is 0 Å². The fourth-order valence-corrected chi connectivity index (χ4v) is 2.48. The average Bonchev–Trinajstić information content (AvgIpc) is 2.62. The fourth-order valence-electron chi connectivity index (χ4n) is 2.24. The summed E-state index contributed by atoms with van der Waals surface area (Å²) in [6.45, 7) is 4.18. The minimum Gasteiger partial charge on any atom is -0.392 e. The van der Waals surface area contributed by atoms with Crippen LogP contribution >= 0.6 is 12.6 Å². The van der Waals surface area contributed by atoms with E-state index in [1.165, 1.54) is 0 Å². The first-order valence-electron chi connectivity index (χ1n) is 8.10. The molecule has 0 spiro atoms. The number of benzene rings is 1. The summed E-state index contributed by atoms with van der Waals surface area (Å²) in [5, 5.41) is 18.7. The molecule has 0 aliphatic rings. The molecule has 2 N–H and O–H groups in total. The van der Waals surface area contributed by atoms with Crippen LogP contribution in [0, 0.1) is 0 Å². The molecular formula is C17H29NO5S. The van der Waals surface area contributed by atoms with E-state index in [9.17, 15) is 10.2 Å². The highest BCUT2D eigenvalue weighted by atomic mass is 32.1. The Morgan fingerprint density at radius 1 is 0.875 bits per heavy atom. The monoisotopic (exact) mass is 359 g/mol. The molecule has 0 fully saturated rings. The van der Waals surface area contributed by atoms with Crippen molar-refractivity contribution in [1.29, 1.82) is 0 Å². The maximum absolute atomic E-state index is 9.37. The van der Waals surface area contributed by atoms with Gasteiger partial charge < -0.3 is 29.3 Å². The number of rotatable bonds is 14. The predicted octanol–water partition coefficient (Wildman–Crippen LogP) is 1.09. The number of ether oxygens (including phenoxy) is 3. The van der Waals surface area contributed by atoms with Crippen LogP contribution in [-0.4, -0.2) is 69.2 Å². The molecule has 0 atom stereocenters. The topological polar surface area (TPSA) is 71.4 Å². The summed E-state index contributed by atoms with van der Waals surface area (Å²) in [4.78, 5) is 2.14. The van der Waals surface area contributed by atoms with Crippen molar-refractivity contribution in [2.45, 2.75) is 13.2 Å². The lowest BCUT2D eigenvalue weighted by Gasteiger charge is -2.25. The summed E-state index contributed by atoms with van der Waals surface area (Å²) in [6.07, 6.45) is 0. The Labute approximate surface area is 149 Å². The maximum atomic E-state index is 9.37. The normalized spacial score (nSPS) is 11.0. The maximum Gasteiger partial charge on any atom is 0.0701 e. The van der Waals surface area contributed by atoms with Crippen molar-refractivity contribution >= 4 is 18.3 Å². The summed E-state index contributed by atoms with van der Waals surface area (Å²) < 4.78 is 15.8. The third kappa shape index (κ3) is 8.32. The van der Waals surface area contributed by atoms with Crippen molar-refractivity contribution in [3.05, 3.63) is 29.3 Å². The summed E-state index contributed by atoms with van der Waals surface area (Å²) in [6, 6.07) is 5.66. The first kappa shape index (κ1) is 21.2. The minimum atomic E-state index is -0.0507. The highest BCUT2D eigenvalue weighted by Gasteiger charge is 2.08. The molecule has 0 radical (unpaired) electrons. The lowest BCUT2D eigenvalue weighted by Crippen LogP contribution is -2.30. The molecule has 0 aliphatic heterocycles. The molecule has 0 unspecified atom stereocenters. The van der Waals surface area contributed by atoms with Gasteiger partial charge in [-0.1, -0.05) is 6.07 Å². The van der Waals surface area contributed by atoms with Crippen molar-refractivity contribution in [3.63, 3.8) is 0 Å². The van der Waals surface area contributed by atoms with Gasteiger partial charge in [-0.3, -0.25) is 0 Å². The number of hydrogen-bond acceptors (Lipinski definition) is 7. The summed E-state index contributed by atoms with van der Waals surface area (Å²) in [7, 11) is 1.64. The van der Waals surface area contributed by atoms with Crippen LogP contribution in [0.25, 0.3) is 0 Å². The molecule has 0 saturated carbocycles. The van der Waals surface area contributed by atoms with Gasteiger partial charge in [0.15, 0.2) is 0 Å². The fraction of sp³-hybridized carbons (Fsp3) is 0.647. The van der Waals surface area contributed by atoms with E-state index < -0.39 is 0 Å². The zero-order valence-corrected chi connectivity index (χ0v) is 15.2. The van der Waals surface area contributed by atoms with Crippen LogP contribution in [0.3, 0.4) is 0 Å². The van der Waals surface area contributed by atoms with Gasteiger partial charge in [0.1, 0.15) is 0 Å². The van der Waals surface area contributed by atoms with Crippen LogP contribution in [0.4, 0.5) is 5.69 Å². The number of aliphatic hydroxyl groups excluding tert-OH is 2. The Kier molecular flexibility index (Phi) is 11.9. The van der Waals surface area contributed by atoms with Crippen LogP contribution < -0.4 is 4.90 Å². The molecule has 1 aromatic rings. The predicted molar refractivity (Wildman–Crippen MR) is 97.9 cm³/mol. The summed E-state index contributed by atoms with van der Waals surface area (Å²) in [5.74, 6) is 0.706. The molecule has 0 amide bonds. The molecule has 0 saturated heterocycles. The smallest absolute Gasteiger partial charge is 0.0701 e. The first-order chi connectivity index (χ1) is 11.7. The number of methoxy groups -OCH3 is 1. The van der Waals surface area contributed by atoms with E-state index in [4.69, 9.17) is 14.2 Å². The number of anilines is 1. The van der Waals surface area contributed by atoms with Crippen molar-refractivity contribution < 1.29 is 24.4 Å². The van der Waals surface area contributed by atoms with E-state index in [1.807, 2.05) is 12.1 Å². The molecule has 138 valence electrons. The molecule has 1 rings (SSSR count). The standard InChI is InChI=1S/C17H29NO5S/c1-21-5-6-23-8-7-22-4-2-18(3-9-24)17-11-15(13-19)10-16(12-17)14-20/h10-12,19-20,24H,2-9,13-14H2,1H3. The van der Waals surface area contributed by atoms with Gasteiger partial charge in [-0.15, -0.1) is 0 Å². The van der Waals surface area contributed by atoms with Crippen molar-refractivity contribution in [2.24, 2.45) is 0 Å². The van der Waals surface area contributed by atoms with Gasteiger partial charge in [0.2, 0.25) is 0 Å². The van der Waals surface area contributed by atoms with Gasteiger partial charge in [0.05, 0.1) is 46.2 Å². The van der Waals surface area contributed by atoms with Crippen LogP contribution in [0.2, 0.25) is 0 Å². The quantitative estimate of drug-likeness (QED) is 0.341. The third-order valence-electron chi connectivity index (χ3n) is 3.45. The van der Waals surface area contributed by atoms with E-state index in [-0.39, 0.29) is 13.2 Å². The lowest BCUT2D eigenvalue weighted by atomic mass is 10.1. The second-order valence-electron chi connectivity index (χ2n) is 5.25. The van der Waals surface area contributed by atoms with Crippen molar-refractivity contribution in [3.8, 4) is 0 Å². The van der Waals surface area contributed by atoms with E-state index in [2.05, 4.69) is 17.5 Å². The molecule has 0 aliphatic carbocycles. The Bertz CT molecular complexity index is 425. The third-order valence-corrected chi connectivity index (χ3v) is 3.65. The van der Waals surface area contributed by atoms with Gasteiger partial charge in [0.25, 0.3) is 0 Å². The Hall–Kier alpha value is -0.830. The second-order valence-corrected chi connectivity index (χ2v) is 5.70. The van der Waals surface area contributed by atoms with Gasteiger partial charge in [0, 0.05) is 31.6 Å². The Balaban J connectivity index is 2.46. The molecule has 24 heavy (non-hydrogen) atoms. The van der Waals surface area contributed by atoms with Crippen LogP contribution in [0.5, 0.6) is 0 Å². The molecule has 0 bridgehead atoms. The Morgan fingerprint density at radius 3 is 2.00 bits per heavy atom. The van der Waals surface area contributed by atoms with Crippen LogP contribution in [0.1, 0.15) is 11.1 Å². The highest BCUT2D eigenvalue weighted by Crippen LogP contribution is 2.20. The van der Waals surface area contributed by atoms with Gasteiger partial charge in [-0.05, 0) is 23.3 Å². The average molecular weight is 359 g/mol. The summed E-state index contributed by atoms with van der Waals surface area (Å²) in [5.41, 5.74) is 2.53. The molecular weight excluding hydrogens is 330 g/mol. The second kappa shape index (κ2) is 13.5. The van der Waals surface area contributed by atoms with E-state index in [0.717, 1.165) is 23.4 Å². The van der Waals surface area contributed by atoms with Crippen LogP contribution in [0.15, 0.2) is 18.2 Å². The highest BCUT2D eigenvalue weighted by molar-refractivity contribution is 7.80. The number of aliphatic hydroxyl groups is 2. The number of thiol groups is 1.